The van der Waals surface area contributed by atoms with Crippen molar-refractivity contribution < 1.29 is 13.9 Å². The molecule has 2 aromatic rings. The number of hydrogen-bond donors (Lipinski definition) is 2. The van der Waals surface area contributed by atoms with Crippen molar-refractivity contribution in [3.8, 4) is 5.75 Å². The van der Waals surface area contributed by atoms with Crippen LogP contribution < -0.4 is 15.4 Å². The van der Waals surface area contributed by atoms with Crippen LogP contribution in [0.3, 0.4) is 0 Å². The van der Waals surface area contributed by atoms with Crippen LogP contribution in [0.15, 0.2) is 47.1 Å². The third-order valence-electron chi connectivity index (χ3n) is 4.04. The molecule has 2 amide bonds. The van der Waals surface area contributed by atoms with Crippen molar-refractivity contribution >= 4 is 6.03 Å². The van der Waals surface area contributed by atoms with Gasteiger partial charge in [0.15, 0.2) is 0 Å². The largest absolute Gasteiger partial charge is 0.497 e. The monoisotopic (exact) mass is 345 g/mol. The van der Waals surface area contributed by atoms with Crippen LogP contribution in [0.1, 0.15) is 23.8 Å². The molecule has 1 aromatic carbocycles. The number of carbonyl (C=O) groups excluding carboxylic acids is 1. The van der Waals surface area contributed by atoms with E-state index in [9.17, 15) is 4.79 Å². The molecule has 0 aliphatic heterocycles. The Morgan fingerprint density at radius 1 is 1.20 bits per heavy atom. The Labute approximate surface area is 149 Å². The van der Waals surface area contributed by atoms with E-state index in [1.807, 2.05) is 55.4 Å². The molecule has 2 rings (SSSR count). The van der Waals surface area contributed by atoms with Gasteiger partial charge in [0.2, 0.25) is 0 Å². The van der Waals surface area contributed by atoms with E-state index in [0.717, 1.165) is 24.4 Å². The summed E-state index contributed by atoms with van der Waals surface area (Å²) in [7, 11) is 5.58. The van der Waals surface area contributed by atoms with Gasteiger partial charge in [0.1, 0.15) is 11.5 Å². The molecular weight excluding hydrogens is 318 g/mol. The lowest BCUT2D eigenvalue weighted by Gasteiger charge is -2.22. The Kier molecular flexibility index (Phi) is 7.35. The molecule has 0 aliphatic rings. The number of amides is 2. The van der Waals surface area contributed by atoms with Crippen molar-refractivity contribution in [2.45, 2.75) is 18.9 Å². The van der Waals surface area contributed by atoms with Crippen LogP contribution in [0.25, 0.3) is 0 Å². The van der Waals surface area contributed by atoms with Crippen molar-refractivity contribution in [2.24, 2.45) is 0 Å². The SMILES string of the molecule is COc1ccc(CCCNC(=O)NCC(c2ccco2)N(C)C)cc1. The predicted molar refractivity (Wildman–Crippen MR) is 97.9 cm³/mol. The topological polar surface area (TPSA) is 66.7 Å². The number of hydrogen-bond acceptors (Lipinski definition) is 4. The summed E-state index contributed by atoms with van der Waals surface area (Å²) >= 11 is 0. The average molecular weight is 345 g/mol. The molecule has 0 saturated heterocycles. The minimum Gasteiger partial charge on any atom is -0.497 e. The number of likely N-dealkylation sites (N-methyl/N-ethyl adjacent to an activating group) is 1. The number of benzene rings is 1. The molecule has 2 N–H and O–H groups in total. The fourth-order valence-electron chi connectivity index (χ4n) is 2.56. The van der Waals surface area contributed by atoms with E-state index in [2.05, 4.69) is 10.6 Å². The molecular formula is C19H27N3O3. The summed E-state index contributed by atoms with van der Waals surface area (Å²) in [6.07, 6.45) is 3.44. The number of rotatable bonds is 9. The Morgan fingerprint density at radius 3 is 2.56 bits per heavy atom. The number of nitrogens with zero attached hydrogens (tertiary/aromatic N) is 1. The van der Waals surface area contributed by atoms with Gasteiger partial charge in [0.25, 0.3) is 0 Å². The van der Waals surface area contributed by atoms with Crippen molar-refractivity contribution in [2.75, 3.05) is 34.3 Å². The maximum absolute atomic E-state index is 11.9. The predicted octanol–water partition coefficient (Wildman–Crippen LogP) is 2.82. The van der Waals surface area contributed by atoms with Crippen molar-refractivity contribution in [1.82, 2.24) is 15.5 Å². The molecule has 0 radical (unpaired) electrons. The number of ether oxygens (including phenoxy) is 1. The Bertz CT molecular complexity index is 624. The second-order valence-electron chi connectivity index (χ2n) is 6.08. The van der Waals surface area contributed by atoms with Gasteiger partial charge in [-0.2, -0.15) is 0 Å². The highest BCUT2D eigenvalue weighted by Gasteiger charge is 2.17. The number of urea groups is 1. The lowest BCUT2D eigenvalue weighted by atomic mass is 10.1. The van der Waals surface area contributed by atoms with E-state index in [0.29, 0.717) is 13.1 Å². The summed E-state index contributed by atoms with van der Waals surface area (Å²) in [5.74, 6) is 1.69. The van der Waals surface area contributed by atoms with Gasteiger partial charge < -0.3 is 19.8 Å². The van der Waals surface area contributed by atoms with Gasteiger partial charge >= 0.3 is 6.03 Å². The van der Waals surface area contributed by atoms with Crippen LogP contribution in [0.2, 0.25) is 0 Å². The lowest BCUT2D eigenvalue weighted by molar-refractivity contribution is 0.225. The molecule has 1 aromatic heterocycles. The quantitative estimate of drug-likeness (QED) is 0.686. The van der Waals surface area contributed by atoms with E-state index in [4.69, 9.17) is 9.15 Å². The molecule has 0 fully saturated rings. The van der Waals surface area contributed by atoms with Crippen molar-refractivity contribution in [1.29, 1.82) is 0 Å². The van der Waals surface area contributed by atoms with Gasteiger partial charge in [-0.3, -0.25) is 4.90 Å². The highest BCUT2D eigenvalue weighted by Crippen LogP contribution is 2.17. The summed E-state index contributed by atoms with van der Waals surface area (Å²) < 4.78 is 10.6. The Morgan fingerprint density at radius 2 is 1.96 bits per heavy atom. The van der Waals surface area contributed by atoms with Crippen LogP contribution in [-0.2, 0) is 6.42 Å². The maximum Gasteiger partial charge on any atom is 0.314 e. The zero-order chi connectivity index (χ0) is 18.1. The summed E-state index contributed by atoms with van der Waals surface area (Å²) in [6.45, 7) is 1.12. The van der Waals surface area contributed by atoms with Crippen molar-refractivity contribution in [3.63, 3.8) is 0 Å². The maximum atomic E-state index is 11.9. The summed E-state index contributed by atoms with van der Waals surface area (Å²) in [6, 6.07) is 11.6. The van der Waals surface area contributed by atoms with E-state index < -0.39 is 0 Å². The van der Waals surface area contributed by atoms with Gasteiger partial charge in [-0.25, -0.2) is 4.79 Å². The van der Waals surface area contributed by atoms with Crippen LogP contribution in [0.4, 0.5) is 4.79 Å². The van der Waals surface area contributed by atoms with Gasteiger partial charge in [-0.1, -0.05) is 12.1 Å². The number of nitrogens with one attached hydrogen (secondary N) is 2. The summed E-state index contributed by atoms with van der Waals surface area (Å²) in [5.41, 5.74) is 1.23. The first-order chi connectivity index (χ1) is 12.1. The number of carbonyl (C=O) groups is 1. The molecule has 25 heavy (non-hydrogen) atoms. The summed E-state index contributed by atoms with van der Waals surface area (Å²) in [4.78, 5) is 14.0. The Balaban J connectivity index is 1.66. The van der Waals surface area contributed by atoms with Gasteiger partial charge in [0.05, 0.1) is 19.4 Å². The van der Waals surface area contributed by atoms with E-state index in [-0.39, 0.29) is 12.1 Å². The second-order valence-corrected chi connectivity index (χ2v) is 6.08. The molecule has 0 spiro atoms. The molecule has 0 saturated carbocycles. The zero-order valence-electron chi connectivity index (χ0n) is 15.1. The van der Waals surface area contributed by atoms with Crippen molar-refractivity contribution in [3.05, 3.63) is 54.0 Å². The number of furan rings is 1. The third kappa shape index (κ3) is 6.15. The first-order valence-corrected chi connectivity index (χ1v) is 8.44. The molecule has 136 valence electrons. The molecule has 0 aliphatic carbocycles. The van der Waals surface area contributed by atoms with Crippen LogP contribution >= 0.6 is 0 Å². The molecule has 0 bridgehead atoms. The second kappa shape index (κ2) is 9.74. The van der Waals surface area contributed by atoms with Gasteiger partial charge in [-0.15, -0.1) is 0 Å². The van der Waals surface area contributed by atoms with Gasteiger partial charge in [-0.05, 0) is 56.8 Å². The van der Waals surface area contributed by atoms with Crippen LogP contribution in [0.5, 0.6) is 5.75 Å². The fourth-order valence-corrected chi connectivity index (χ4v) is 2.56. The molecule has 6 heteroatoms. The zero-order valence-corrected chi connectivity index (χ0v) is 15.1. The highest BCUT2D eigenvalue weighted by atomic mass is 16.5. The first kappa shape index (κ1) is 18.9. The van der Waals surface area contributed by atoms with Gasteiger partial charge in [0, 0.05) is 13.1 Å². The molecule has 1 unspecified atom stereocenters. The smallest absolute Gasteiger partial charge is 0.314 e. The first-order valence-electron chi connectivity index (χ1n) is 8.44. The molecule has 6 nitrogen and oxygen atoms in total. The van der Waals surface area contributed by atoms with Crippen LogP contribution in [0, 0.1) is 0 Å². The standard InChI is InChI=1S/C19H27N3O3/c1-22(2)17(18-7-5-13-25-18)14-21-19(23)20-12-4-6-15-8-10-16(24-3)11-9-15/h5,7-11,13,17H,4,6,12,14H2,1-3H3,(H2,20,21,23). The van der Waals surface area contributed by atoms with Crippen LogP contribution in [-0.4, -0.2) is 45.2 Å². The summed E-state index contributed by atoms with van der Waals surface area (Å²) in [5, 5.41) is 5.79. The number of methoxy groups -OCH3 is 1. The van der Waals surface area contributed by atoms with E-state index in [1.165, 1.54) is 5.56 Å². The molecule has 1 atom stereocenters. The van der Waals surface area contributed by atoms with E-state index in [1.54, 1.807) is 13.4 Å². The minimum atomic E-state index is -0.159. The lowest BCUT2D eigenvalue weighted by Crippen LogP contribution is -2.40. The molecule has 1 heterocycles. The normalized spacial score (nSPS) is 12.0. The third-order valence-corrected chi connectivity index (χ3v) is 4.04. The minimum absolute atomic E-state index is 0.0139. The Hall–Kier alpha value is -2.47. The highest BCUT2D eigenvalue weighted by molar-refractivity contribution is 5.73. The van der Waals surface area contributed by atoms with E-state index >= 15 is 0 Å². The number of aryl methyl sites for hydroxylation is 1. The fraction of sp³-hybridized carbons (Fsp3) is 0.421. The average Bonchev–Trinajstić information content (AvgIpc) is 3.13.